The van der Waals surface area contributed by atoms with Gasteiger partial charge in [0.1, 0.15) is 0 Å². The van der Waals surface area contributed by atoms with Crippen molar-refractivity contribution in [3.05, 3.63) is 23.8 Å². The van der Waals surface area contributed by atoms with Crippen LogP contribution in [0.3, 0.4) is 0 Å². The molecule has 58 valence electrons. The SMILES string of the molecule is Cc1cnc(F)c(B(O)O)c1. The van der Waals surface area contributed by atoms with Crippen LogP contribution in [0.5, 0.6) is 0 Å². The Bertz CT molecular complexity index is 267. The minimum Gasteiger partial charge on any atom is -0.423 e. The minimum absolute atomic E-state index is 0.190. The number of halogens is 1. The van der Waals surface area contributed by atoms with E-state index >= 15 is 0 Å². The molecule has 0 bridgehead atoms. The highest BCUT2D eigenvalue weighted by molar-refractivity contribution is 6.58. The number of aryl methyl sites for hydroxylation is 1. The van der Waals surface area contributed by atoms with Gasteiger partial charge in [-0.25, -0.2) is 4.98 Å². The van der Waals surface area contributed by atoms with E-state index in [0.717, 1.165) is 0 Å². The molecule has 0 saturated carbocycles. The molecule has 1 rings (SSSR count). The highest BCUT2D eigenvalue weighted by atomic mass is 19.1. The highest BCUT2D eigenvalue weighted by Gasteiger charge is 2.16. The fourth-order valence-electron chi connectivity index (χ4n) is 0.756. The van der Waals surface area contributed by atoms with Crippen LogP contribution >= 0.6 is 0 Å². The summed E-state index contributed by atoms with van der Waals surface area (Å²) in [4.78, 5) is 3.31. The van der Waals surface area contributed by atoms with Gasteiger partial charge in [0, 0.05) is 11.7 Å². The molecule has 0 atom stereocenters. The van der Waals surface area contributed by atoms with Crippen LogP contribution in [0.4, 0.5) is 4.39 Å². The molecule has 0 spiro atoms. The van der Waals surface area contributed by atoms with Crippen LogP contribution in [0.2, 0.25) is 0 Å². The molecule has 0 amide bonds. The molecule has 2 N–H and O–H groups in total. The monoisotopic (exact) mass is 155 g/mol. The van der Waals surface area contributed by atoms with Gasteiger partial charge in [-0.1, -0.05) is 6.07 Å². The lowest BCUT2D eigenvalue weighted by Crippen LogP contribution is -2.33. The summed E-state index contributed by atoms with van der Waals surface area (Å²) in [6, 6.07) is 1.34. The van der Waals surface area contributed by atoms with Gasteiger partial charge in [0.2, 0.25) is 5.95 Å². The summed E-state index contributed by atoms with van der Waals surface area (Å²) in [6.45, 7) is 1.69. The van der Waals surface area contributed by atoms with E-state index in [1.165, 1.54) is 12.3 Å². The molecule has 1 aromatic rings. The molecule has 11 heavy (non-hydrogen) atoms. The van der Waals surface area contributed by atoms with Crippen molar-refractivity contribution < 1.29 is 14.4 Å². The van der Waals surface area contributed by atoms with Crippen molar-refractivity contribution >= 4 is 12.6 Å². The molecule has 0 unspecified atom stereocenters. The standard InChI is InChI=1S/C6H7BFNO2/c1-4-2-5(7(10)11)6(8)9-3-4/h2-3,10-11H,1H3. The molecular weight excluding hydrogens is 148 g/mol. The molecule has 0 radical (unpaired) electrons. The van der Waals surface area contributed by atoms with E-state index in [-0.39, 0.29) is 5.46 Å². The van der Waals surface area contributed by atoms with Gasteiger partial charge in [-0.3, -0.25) is 0 Å². The average molecular weight is 155 g/mol. The Kier molecular flexibility index (Phi) is 2.21. The van der Waals surface area contributed by atoms with Crippen molar-refractivity contribution in [2.75, 3.05) is 0 Å². The zero-order chi connectivity index (χ0) is 8.43. The molecule has 1 heterocycles. The number of aromatic nitrogens is 1. The first kappa shape index (κ1) is 8.16. The normalized spacial score (nSPS) is 9.82. The van der Waals surface area contributed by atoms with Gasteiger partial charge in [0.25, 0.3) is 0 Å². The smallest absolute Gasteiger partial charge is 0.423 e. The van der Waals surface area contributed by atoms with E-state index in [4.69, 9.17) is 10.0 Å². The summed E-state index contributed by atoms with van der Waals surface area (Å²) >= 11 is 0. The third kappa shape index (κ3) is 1.75. The van der Waals surface area contributed by atoms with Gasteiger partial charge < -0.3 is 10.0 Å². The van der Waals surface area contributed by atoms with Crippen LogP contribution in [0.25, 0.3) is 0 Å². The van der Waals surface area contributed by atoms with E-state index in [1.807, 2.05) is 0 Å². The van der Waals surface area contributed by atoms with Crippen LogP contribution < -0.4 is 5.46 Å². The van der Waals surface area contributed by atoms with E-state index in [9.17, 15) is 4.39 Å². The number of hydrogen-bond acceptors (Lipinski definition) is 3. The first-order valence-electron chi connectivity index (χ1n) is 3.09. The van der Waals surface area contributed by atoms with Gasteiger partial charge in [0.15, 0.2) is 0 Å². The van der Waals surface area contributed by atoms with Gasteiger partial charge >= 0.3 is 7.12 Å². The number of hydrogen-bond donors (Lipinski definition) is 2. The molecule has 0 aliphatic heterocycles. The van der Waals surface area contributed by atoms with E-state index in [0.29, 0.717) is 5.56 Å². The van der Waals surface area contributed by atoms with Crippen LogP contribution in [0, 0.1) is 12.9 Å². The summed E-state index contributed by atoms with van der Waals surface area (Å²) in [6.07, 6.45) is 1.32. The van der Waals surface area contributed by atoms with Gasteiger partial charge in [0.05, 0.1) is 0 Å². The predicted molar refractivity (Wildman–Crippen MR) is 38.8 cm³/mol. The van der Waals surface area contributed by atoms with Crippen molar-refractivity contribution in [3.8, 4) is 0 Å². The zero-order valence-corrected chi connectivity index (χ0v) is 5.95. The van der Waals surface area contributed by atoms with Crippen LogP contribution in [-0.2, 0) is 0 Å². The molecule has 3 nitrogen and oxygen atoms in total. The Morgan fingerprint density at radius 3 is 2.64 bits per heavy atom. The number of rotatable bonds is 1. The lowest BCUT2D eigenvalue weighted by molar-refractivity contribution is 0.421. The summed E-state index contributed by atoms with van der Waals surface area (Å²) in [5, 5.41) is 17.2. The lowest BCUT2D eigenvalue weighted by Gasteiger charge is -2.00. The Morgan fingerprint density at radius 1 is 1.55 bits per heavy atom. The van der Waals surface area contributed by atoms with Crippen molar-refractivity contribution in [3.63, 3.8) is 0 Å². The molecule has 0 aliphatic carbocycles. The second-order valence-corrected chi connectivity index (χ2v) is 2.27. The first-order chi connectivity index (χ1) is 5.11. The van der Waals surface area contributed by atoms with Gasteiger partial charge in [-0.05, 0) is 12.5 Å². The van der Waals surface area contributed by atoms with E-state index in [2.05, 4.69) is 4.98 Å². The molecular formula is C6H7BFNO2. The quantitative estimate of drug-likeness (QED) is 0.412. The molecule has 1 aromatic heterocycles. The molecule has 0 saturated heterocycles. The largest absolute Gasteiger partial charge is 0.493 e. The zero-order valence-electron chi connectivity index (χ0n) is 5.95. The maximum absolute atomic E-state index is 12.6. The fraction of sp³-hybridized carbons (Fsp3) is 0.167. The van der Waals surface area contributed by atoms with Crippen molar-refractivity contribution in [2.24, 2.45) is 0 Å². The second-order valence-electron chi connectivity index (χ2n) is 2.27. The number of nitrogens with zero attached hydrogens (tertiary/aromatic N) is 1. The van der Waals surface area contributed by atoms with Gasteiger partial charge in [-0.15, -0.1) is 0 Å². The Morgan fingerprint density at radius 2 is 2.18 bits per heavy atom. The molecule has 0 aliphatic rings. The lowest BCUT2D eigenvalue weighted by atomic mass is 9.81. The topological polar surface area (TPSA) is 53.4 Å². The average Bonchev–Trinajstić information content (AvgIpc) is 1.94. The summed E-state index contributed by atoms with van der Waals surface area (Å²) in [5.41, 5.74) is 0.500. The Labute approximate surface area is 63.7 Å². The minimum atomic E-state index is -1.79. The number of pyridine rings is 1. The third-order valence-corrected chi connectivity index (χ3v) is 1.28. The Hall–Kier alpha value is -0.935. The van der Waals surface area contributed by atoms with Crippen LogP contribution in [0.1, 0.15) is 5.56 Å². The maximum Gasteiger partial charge on any atom is 0.493 e. The highest BCUT2D eigenvalue weighted by Crippen LogP contribution is 1.94. The van der Waals surface area contributed by atoms with Gasteiger partial charge in [-0.2, -0.15) is 4.39 Å². The molecule has 0 fully saturated rings. The van der Waals surface area contributed by atoms with E-state index < -0.39 is 13.1 Å². The summed E-state index contributed by atoms with van der Waals surface area (Å²) < 4.78 is 12.6. The maximum atomic E-state index is 12.6. The van der Waals surface area contributed by atoms with E-state index in [1.54, 1.807) is 6.92 Å². The predicted octanol–water partition coefficient (Wildman–Crippen LogP) is -0.791. The molecule has 5 heteroatoms. The molecule has 0 aromatic carbocycles. The summed E-state index contributed by atoms with van der Waals surface area (Å²) in [5.74, 6) is -0.842. The third-order valence-electron chi connectivity index (χ3n) is 1.28. The first-order valence-corrected chi connectivity index (χ1v) is 3.09. The Balaban J connectivity index is 3.13. The summed E-state index contributed by atoms with van der Waals surface area (Å²) in [7, 11) is -1.79. The van der Waals surface area contributed by atoms with Crippen molar-refractivity contribution in [2.45, 2.75) is 6.92 Å². The van der Waals surface area contributed by atoms with Crippen molar-refractivity contribution in [1.29, 1.82) is 0 Å². The van der Waals surface area contributed by atoms with Crippen LogP contribution in [0.15, 0.2) is 12.3 Å². The van der Waals surface area contributed by atoms with Crippen molar-refractivity contribution in [1.82, 2.24) is 4.98 Å². The van der Waals surface area contributed by atoms with Crippen LogP contribution in [-0.4, -0.2) is 22.2 Å². The second kappa shape index (κ2) is 2.98. The fourth-order valence-corrected chi connectivity index (χ4v) is 0.756.